The van der Waals surface area contributed by atoms with Crippen molar-refractivity contribution in [1.29, 1.82) is 0 Å². The third-order valence-electron chi connectivity index (χ3n) is 3.35. The molecule has 0 aliphatic carbocycles. The van der Waals surface area contributed by atoms with Crippen LogP contribution >= 0.6 is 11.8 Å². The fourth-order valence-corrected chi connectivity index (χ4v) is 3.33. The van der Waals surface area contributed by atoms with Crippen LogP contribution in [-0.2, 0) is 5.54 Å². The average molecular weight is 281 g/mol. The third kappa shape index (κ3) is 3.57. The standard InChI is InChI=1S/C15H23NO2S/c1-15(2,16)12-5-4-6-13(17-3)14(12)18-11-7-9-19-10-8-11/h4-6,11H,7-10,16H2,1-3H3. The molecule has 1 aliphatic heterocycles. The van der Waals surface area contributed by atoms with Gasteiger partial charge in [-0.3, -0.25) is 0 Å². The van der Waals surface area contributed by atoms with Crippen molar-refractivity contribution in [1.82, 2.24) is 0 Å². The lowest BCUT2D eigenvalue weighted by atomic mass is 9.94. The summed E-state index contributed by atoms with van der Waals surface area (Å²) in [6.45, 7) is 3.98. The van der Waals surface area contributed by atoms with E-state index < -0.39 is 5.54 Å². The van der Waals surface area contributed by atoms with Gasteiger partial charge in [-0.15, -0.1) is 0 Å². The zero-order valence-corrected chi connectivity index (χ0v) is 12.8. The lowest BCUT2D eigenvalue weighted by molar-refractivity contribution is 0.180. The van der Waals surface area contributed by atoms with Gasteiger partial charge in [0.15, 0.2) is 11.5 Å². The molecule has 1 saturated heterocycles. The molecule has 1 heterocycles. The van der Waals surface area contributed by atoms with Crippen LogP contribution in [0.5, 0.6) is 11.5 Å². The molecule has 3 nitrogen and oxygen atoms in total. The topological polar surface area (TPSA) is 44.5 Å². The Morgan fingerprint density at radius 1 is 1.26 bits per heavy atom. The Morgan fingerprint density at radius 3 is 2.53 bits per heavy atom. The fourth-order valence-electron chi connectivity index (χ4n) is 2.27. The van der Waals surface area contributed by atoms with Gasteiger partial charge in [-0.1, -0.05) is 12.1 Å². The van der Waals surface area contributed by atoms with E-state index in [1.165, 1.54) is 11.5 Å². The highest BCUT2D eigenvalue weighted by Crippen LogP contribution is 2.38. The highest BCUT2D eigenvalue weighted by Gasteiger charge is 2.25. The molecule has 1 aromatic rings. The molecular formula is C15H23NO2S. The van der Waals surface area contributed by atoms with Crippen LogP contribution in [0, 0.1) is 0 Å². The van der Waals surface area contributed by atoms with Crippen molar-refractivity contribution in [2.75, 3.05) is 18.6 Å². The van der Waals surface area contributed by atoms with E-state index in [0.29, 0.717) is 0 Å². The van der Waals surface area contributed by atoms with Crippen molar-refractivity contribution in [2.24, 2.45) is 5.73 Å². The van der Waals surface area contributed by atoms with E-state index in [1.54, 1.807) is 7.11 Å². The molecule has 0 aromatic heterocycles. The molecule has 0 bridgehead atoms. The number of methoxy groups -OCH3 is 1. The van der Waals surface area contributed by atoms with Crippen molar-refractivity contribution in [3.8, 4) is 11.5 Å². The Morgan fingerprint density at radius 2 is 1.95 bits per heavy atom. The first kappa shape index (κ1) is 14.5. The van der Waals surface area contributed by atoms with Crippen LogP contribution in [0.1, 0.15) is 32.3 Å². The highest BCUT2D eigenvalue weighted by molar-refractivity contribution is 7.99. The maximum Gasteiger partial charge on any atom is 0.166 e. The summed E-state index contributed by atoms with van der Waals surface area (Å²) in [5, 5.41) is 0. The molecule has 2 rings (SSSR count). The molecule has 1 aliphatic rings. The van der Waals surface area contributed by atoms with E-state index in [1.807, 2.05) is 43.8 Å². The van der Waals surface area contributed by atoms with Crippen molar-refractivity contribution in [3.63, 3.8) is 0 Å². The largest absolute Gasteiger partial charge is 0.493 e. The van der Waals surface area contributed by atoms with Crippen molar-refractivity contribution in [3.05, 3.63) is 23.8 Å². The molecule has 0 amide bonds. The SMILES string of the molecule is COc1cccc(C(C)(C)N)c1OC1CCSCC1. The number of hydrogen-bond donors (Lipinski definition) is 1. The molecule has 4 heteroatoms. The van der Waals surface area contributed by atoms with E-state index in [0.717, 1.165) is 29.9 Å². The van der Waals surface area contributed by atoms with Gasteiger partial charge < -0.3 is 15.2 Å². The van der Waals surface area contributed by atoms with Gasteiger partial charge in [0, 0.05) is 11.1 Å². The number of thioether (sulfide) groups is 1. The lowest BCUT2D eigenvalue weighted by Gasteiger charge is -2.29. The minimum absolute atomic E-state index is 0.277. The van der Waals surface area contributed by atoms with Crippen LogP contribution < -0.4 is 15.2 Å². The van der Waals surface area contributed by atoms with Crippen LogP contribution in [0.4, 0.5) is 0 Å². The van der Waals surface area contributed by atoms with Gasteiger partial charge in [0.2, 0.25) is 0 Å². The Hall–Kier alpha value is -0.870. The first-order chi connectivity index (χ1) is 9.02. The number of para-hydroxylation sites is 1. The molecule has 106 valence electrons. The van der Waals surface area contributed by atoms with Gasteiger partial charge in [0.1, 0.15) is 6.10 Å². The van der Waals surface area contributed by atoms with Crippen LogP contribution in [0.25, 0.3) is 0 Å². The summed E-state index contributed by atoms with van der Waals surface area (Å²) < 4.78 is 11.7. The van der Waals surface area contributed by atoms with Crippen molar-refractivity contribution >= 4 is 11.8 Å². The van der Waals surface area contributed by atoms with Crippen LogP contribution in [0.15, 0.2) is 18.2 Å². The second-order valence-corrected chi connectivity index (χ2v) is 6.71. The minimum Gasteiger partial charge on any atom is -0.493 e. The molecule has 0 radical (unpaired) electrons. The third-order valence-corrected chi connectivity index (χ3v) is 4.39. The number of nitrogens with two attached hydrogens (primary N) is 1. The van der Waals surface area contributed by atoms with Gasteiger partial charge >= 0.3 is 0 Å². The predicted octanol–water partition coefficient (Wildman–Crippen LogP) is 3.16. The number of rotatable bonds is 4. The average Bonchev–Trinajstić information content (AvgIpc) is 2.39. The monoisotopic (exact) mass is 281 g/mol. The van der Waals surface area contributed by atoms with Gasteiger partial charge in [-0.05, 0) is 44.3 Å². The maximum atomic E-state index is 6.25. The van der Waals surface area contributed by atoms with Crippen molar-refractivity contribution in [2.45, 2.75) is 38.3 Å². The molecule has 0 unspecified atom stereocenters. The van der Waals surface area contributed by atoms with Gasteiger partial charge in [-0.2, -0.15) is 11.8 Å². The molecular weight excluding hydrogens is 258 g/mol. The molecule has 1 fully saturated rings. The van der Waals surface area contributed by atoms with E-state index in [9.17, 15) is 0 Å². The molecule has 19 heavy (non-hydrogen) atoms. The molecule has 0 saturated carbocycles. The lowest BCUT2D eigenvalue weighted by Crippen LogP contribution is -2.31. The Labute approximate surface area is 119 Å². The second-order valence-electron chi connectivity index (χ2n) is 5.49. The Balaban J connectivity index is 2.29. The normalized spacial score (nSPS) is 17.3. The van der Waals surface area contributed by atoms with E-state index in [4.69, 9.17) is 15.2 Å². The summed E-state index contributed by atoms with van der Waals surface area (Å²) in [5.74, 6) is 3.92. The quantitative estimate of drug-likeness (QED) is 0.920. The summed E-state index contributed by atoms with van der Waals surface area (Å²) in [6, 6.07) is 5.92. The molecule has 0 atom stereocenters. The summed E-state index contributed by atoms with van der Waals surface area (Å²) >= 11 is 1.99. The van der Waals surface area contributed by atoms with Gasteiger partial charge in [-0.25, -0.2) is 0 Å². The Bertz CT molecular complexity index is 423. The molecule has 0 spiro atoms. The second kappa shape index (κ2) is 6.06. The fraction of sp³-hybridized carbons (Fsp3) is 0.600. The highest BCUT2D eigenvalue weighted by atomic mass is 32.2. The predicted molar refractivity (Wildman–Crippen MR) is 81.2 cm³/mol. The van der Waals surface area contributed by atoms with E-state index in [2.05, 4.69) is 0 Å². The first-order valence-electron chi connectivity index (χ1n) is 6.73. The molecule has 2 N–H and O–H groups in total. The molecule has 1 aromatic carbocycles. The van der Waals surface area contributed by atoms with Gasteiger partial charge in [0.05, 0.1) is 7.11 Å². The zero-order chi connectivity index (χ0) is 13.9. The summed E-state index contributed by atoms with van der Waals surface area (Å²) in [5.41, 5.74) is 6.81. The first-order valence-corrected chi connectivity index (χ1v) is 7.88. The number of benzene rings is 1. The maximum absolute atomic E-state index is 6.25. The summed E-state index contributed by atoms with van der Waals surface area (Å²) in [4.78, 5) is 0. The number of ether oxygens (including phenoxy) is 2. The van der Waals surface area contributed by atoms with E-state index >= 15 is 0 Å². The van der Waals surface area contributed by atoms with Crippen LogP contribution in [0.2, 0.25) is 0 Å². The van der Waals surface area contributed by atoms with E-state index in [-0.39, 0.29) is 6.10 Å². The zero-order valence-electron chi connectivity index (χ0n) is 11.9. The smallest absolute Gasteiger partial charge is 0.166 e. The summed E-state index contributed by atoms with van der Waals surface area (Å²) in [6.07, 6.45) is 2.46. The van der Waals surface area contributed by atoms with Crippen LogP contribution in [0.3, 0.4) is 0 Å². The van der Waals surface area contributed by atoms with Crippen LogP contribution in [-0.4, -0.2) is 24.7 Å². The summed E-state index contributed by atoms with van der Waals surface area (Å²) in [7, 11) is 1.67. The van der Waals surface area contributed by atoms with Gasteiger partial charge in [0.25, 0.3) is 0 Å². The van der Waals surface area contributed by atoms with Crippen molar-refractivity contribution < 1.29 is 9.47 Å². The minimum atomic E-state index is -0.437. The Kier molecular flexibility index (Phi) is 4.63. The number of hydrogen-bond acceptors (Lipinski definition) is 4.